The summed E-state index contributed by atoms with van der Waals surface area (Å²) in [4.78, 5) is 12.1. The van der Waals surface area contributed by atoms with Gasteiger partial charge in [0.15, 0.2) is 18.1 Å². The first-order chi connectivity index (χ1) is 11.5. The molecule has 0 fully saturated rings. The summed E-state index contributed by atoms with van der Waals surface area (Å²) >= 11 is 6.77. The van der Waals surface area contributed by atoms with Crippen LogP contribution in [0.5, 0.6) is 11.5 Å². The standard InChI is InChI=1S/C18H17Br2NO3/c1-3-4-12-5-8-16(17(9-12)23-2)24-11-18(22)21-15-7-6-13(19)10-14(15)20/h3,5-10H,1,4,11H2,2H3,(H,21,22). The van der Waals surface area contributed by atoms with E-state index in [1.54, 1.807) is 19.2 Å². The molecule has 2 aromatic carbocycles. The lowest BCUT2D eigenvalue weighted by atomic mass is 10.1. The average molecular weight is 455 g/mol. The topological polar surface area (TPSA) is 47.6 Å². The zero-order chi connectivity index (χ0) is 17.5. The Hall–Kier alpha value is -1.79. The Bertz CT molecular complexity index is 747. The maximum absolute atomic E-state index is 12.1. The zero-order valence-corrected chi connectivity index (χ0v) is 16.3. The Morgan fingerprint density at radius 2 is 2.00 bits per heavy atom. The second kappa shape index (κ2) is 8.89. The van der Waals surface area contributed by atoms with Gasteiger partial charge in [0, 0.05) is 8.95 Å². The molecule has 0 aromatic heterocycles. The van der Waals surface area contributed by atoms with Crippen molar-refractivity contribution in [2.45, 2.75) is 6.42 Å². The molecule has 1 amide bonds. The molecule has 0 aliphatic heterocycles. The van der Waals surface area contributed by atoms with Crippen molar-refractivity contribution in [3.63, 3.8) is 0 Å². The molecule has 0 unspecified atom stereocenters. The molecule has 0 heterocycles. The molecule has 0 bridgehead atoms. The van der Waals surface area contributed by atoms with E-state index >= 15 is 0 Å². The van der Waals surface area contributed by atoms with E-state index in [0.29, 0.717) is 17.2 Å². The number of anilines is 1. The normalized spacial score (nSPS) is 10.1. The molecule has 4 nitrogen and oxygen atoms in total. The molecule has 2 rings (SSSR count). The second-order valence-electron chi connectivity index (χ2n) is 4.94. The van der Waals surface area contributed by atoms with E-state index in [2.05, 4.69) is 43.8 Å². The third kappa shape index (κ3) is 5.11. The van der Waals surface area contributed by atoms with Crippen LogP contribution in [0, 0.1) is 0 Å². The van der Waals surface area contributed by atoms with Crippen LogP contribution in [-0.2, 0) is 11.2 Å². The van der Waals surface area contributed by atoms with Gasteiger partial charge in [0.2, 0.25) is 0 Å². The molecule has 126 valence electrons. The highest BCUT2D eigenvalue weighted by atomic mass is 79.9. The van der Waals surface area contributed by atoms with Crippen LogP contribution < -0.4 is 14.8 Å². The summed E-state index contributed by atoms with van der Waals surface area (Å²) in [6.45, 7) is 3.60. The van der Waals surface area contributed by atoms with E-state index in [-0.39, 0.29) is 12.5 Å². The maximum Gasteiger partial charge on any atom is 0.262 e. The molecule has 0 aliphatic rings. The highest BCUT2D eigenvalue weighted by Gasteiger charge is 2.10. The SMILES string of the molecule is C=CCc1ccc(OCC(=O)Nc2ccc(Br)cc2Br)c(OC)c1. The summed E-state index contributed by atoms with van der Waals surface area (Å²) in [5, 5.41) is 2.79. The quantitative estimate of drug-likeness (QED) is 0.601. The van der Waals surface area contributed by atoms with Gasteiger partial charge in [-0.1, -0.05) is 28.1 Å². The Morgan fingerprint density at radius 3 is 2.67 bits per heavy atom. The van der Waals surface area contributed by atoms with Crippen LogP contribution in [0.15, 0.2) is 58.0 Å². The van der Waals surface area contributed by atoms with Gasteiger partial charge in [0.25, 0.3) is 5.91 Å². The minimum absolute atomic E-state index is 0.111. The molecule has 0 saturated carbocycles. The number of methoxy groups -OCH3 is 1. The third-order valence-corrected chi connectivity index (χ3v) is 4.32. The van der Waals surface area contributed by atoms with Gasteiger partial charge in [0.05, 0.1) is 12.8 Å². The van der Waals surface area contributed by atoms with E-state index < -0.39 is 0 Å². The fraction of sp³-hybridized carbons (Fsp3) is 0.167. The zero-order valence-electron chi connectivity index (χ0n) is 13.1. The Balaban J connectivity index is 1.99. The number of amides is 1. The summed E-state index contributed by atoms with van der Waals surface area (Å²) in [6.07, 6.45) is 2.56. The van der Waals surface area contributed by atoms with Crippen molar-refractivity contribution in [2.24, 2.45) is 0 Å². The maximum atomic E-state index is 12.1. The van der Waals surface area contributed by atoms with Crippen LogP contribution in [0.1, 0.15) is 5.56 Å². The number of ether oxygens (including phenoxy) is 2. The number of benzene rings is 2. The number of halogens is 2. The lowest BCUT2D eigenvalue weighted by Crippen LogP contribution is -2.20. The lowest BCUT2D eigenvalue weighted by Gasteiger charge is -2.12. The van der Waals surface area contributed by atoms with Crippen molar-refractivity contribution in [3.8, 4) is 11.5 Å². The van der Waals surface area contributed by atoms with Crippen LogP contribution in [0.2, 0.25) is 0 Å². The summed E-state index contributed by atoms with van der Waals surface area (Å²) in [5.41, 5.74) is 1.75. The van der Waals surface area contributed by atoms with E-state index in [4.69, 9.17) is 9.47 Å². The second-order valence-corrected chi connectivity index (χ2v) is 6.71. The van der Waals surface area contributed by atoms with E-state index in [9.17, 15) is 4.79 Å². The molecule has 24 heavy (non-hydrogen) atoms. The van der Waals surface area contributed by atoms with Crippen LogP contribution in [0.4, 0.5) is 5.69 Å². The largest absolute Gasteiger partial charge is 0.493 e. The minimum atomic E-state index is -0.254. The molecule has 0 spiro atoms. The van der Waals surface area contributed by atoms with Gasteiger partial charge in [-0.3, -0.25) is 4.79 Å². The van der Waals surface area contributed by atoms with Gasteiger partial charge in [0.1, 0.15) is 0 Å². The number of carbonyl (C=O) groups excluding carboxylic acids is 1. The summed E-state index contributed by atoms with van der Waals surface area (Å²) < 4.78 is 12.6. The highest BCUT2D eigenvalue weighted by molar-refractivity contribution is 9.11. The fourth-order valence-electron chi connectivity index (χ4n) is 2.05. The number of nitrogens with one attached hydrogen (secondary N) is 1. The molecule has 0 saturated heterocycles. The first-order valence-electron chi connectivity index (χ1n) is 7.19. The van der Waals surface area contributed by atoms with Gasteiger partial charge in [-0.25, -0.2) is 0 Å². The van der Waals surface area contributed by atoms with Gasteiger partial charge in [-0.05, 0) is 58.2 Å². The Kier molecular flexibility index (Phi) is 6.87. The van der Waals surface area contributed by atoms with Crippen molar-refractivity contribution < 1.29 is 14.3 Å². The van der Waals surface area contributed by atoms with Crippen molar-refractivity contribution in [1.29, 1.82) is 0 Å². The molecule has 0 radical (unpaired) electrons. The molecule has 0 atom stereocenters. The van der Waals surface area contributed by atoms with Gasteiger partial charge < -0.3 is 14.8 Å². The summed E-state index contributed by atoms with van der Waals surface area (Å²) in [7, 11) is 1.57. The number of carbonyl (C=O) groups is 1. The molecular weight excluding hydrogens is 438 g/mol. The number of rotatable bonds is 7. The Labute approximate surface area is 158 Å². The monoisotopic (exact) mass is 453 g/mol. The van der Waals surface area contributed by atoms with Crippen molar-refractivity contribution >= 4 is 43.5 Å². The van der Waals surface area contributed by atoms with Crippen LogP contribution in [0.3, 0.4) is 0 Å². The Morgan fingerprint density at radius 1 is 1.21 bits per heavy atom. The molecule has 0 aliphatic carbocycles. The minimum Gasteiger partial charge on any atom is -0.493 e. The predicted octanol–water partition coefficient (Wildman–Crippen LogP) is 4.97. The number of hydrogen-bond donors (Lipinski definition) is 1. The third-order valence-electron chi connectivity index (χ3n) is 3.17. The van der Waals surface area contributed by atoms with E-state index in [0.717, 1.165) is 20.9 Å². The fourth-order valence-corrected chi connectivity index (χ4v) is 3.19. The van der Waals surface area contributed by atoms with Gasteiger partial charge in [-0.2, -0.15) is 0 Å². The summed E-state index contributed by atoms with van der Waals surface area (Å²) in [6, 6.07) is 11.1. The first-order valence-corrected chi connectivity index (χ1v) is 8.77. The average Bonchev–Trinajstić information content (AvgIpc) is 2.56. The van der Waals surface area contributed by atoms with Crippen LogP contribution >= 0.6 is 31.9 Å². The number of allylic oxidation sites excluding steroid dienone is 1. The lowest BCUT2D eigenvalue weighted by molar-refractivity contribution is -0.118. The summed E-state index contributed by atoms with van der Waals surface area (Å²) in [5.74, 6) is 0.859. The van der Waals surface area contributed by atoms with E-state index in [1.807, 2.05) is 30.3 Å². The highest BCUT2D eigenvalue weighted by Crippen LogP contribution is 2.29. The van der Waals surface area contributed by atoms with Gasteiger partial charge in [-0.15, -0.1) is 6.58 Å². The number of hydrogen-bond acceptors (Lipinski definition) is 3. The first kappa shape index (κ1) is 18.5. The molecule has 2 aromatic rings. The molecule has 1 N–H and O–H groups in total. The van der Waals surface area contributed by atoms with Crippen LogP contribution in [-0.4, -0.2) is 19.6 Å². The molecular formula is C18H17Br2NO3. The van der Waals surface area contributed by atoms with E-state index in [1.165, 1.54) is 0 Å². The molecule has 6 heteroatoms. The van der Waals surface area contributed by atoms with Crippen molar-refractivity contribution in [3.05, 3.63) is 63.6 Å². The smallest absolute Gasteiger partial charge is 0.262 e. The van der Waals surface area contributed by atoms with Crippen molar-refractivity contribution in [2.75, 3.05) is 19.0 Å². The van der Waals surface area contributed by atoms with Gasteiger partial charge >= 0.3 is 0 Å². The van der Waals surface area contributed by atoms with Crippen LogP contribution in [0.25, 0.3) is 0 Å². The predicted molar refractivity (Wildman–Crippen MR) is 103 cm³/mol. The van der Waals surface area contributed by atoms with Crippen molar-refractivity contribution in [1.82, 2.24) is 0 Å².